The summed E-state index contributed by atoms with van der Waals surface area (Å²) < 4.78 is 5.07. The Morgan fingerprint density at radius 3 is 2.59 bits per heavy atom. The summed E-state index contributed by atoms with van der Waals surface area (Å²) in [6.07, 6.45) is 1.60. The summed E-state index contributed by atoms with van der Waals surface area (Å²) in [5, 5.41) is 3.57. The number of nitrogens with one attached hydrogen (secondary N) is 1. The van der Waals surface area contributed by atoms with Crippen molar-refractivity contribution in [2.24, 2.45) is 0 Å². The van der Waals surface area contributed by atoms with E-state index < -0.39 is 0 Å². The third-order valence-electron chi connectivity index (χ3n) is 2.29. The van der Waals surface area contributed by atoms with Gasteiger partial charge in [-0.2, -0.15) is 0 Å². The molecule has 0 aliphatic carbocycles. The largest absolute Gasteiger partial charge is 0.497 e. The monoisotopic (exact) mass is 249 g/mol. The Morgan fingerprint density at radius 2 is 1.94 bits per heavy atom. The number of hydrogen-bond acceptors (Lipinski definition) is 4. The minimum absolute atomic E-state index is 0.435. The zero-order valence-electron chi connectivity index (χ0n) is 9.27. The topological polar surface area (TPSA) is 60.2 Å². The third kappa shape index (κ3) is 2.60. The van der Waals surface area contributed by atoms with E-state index in [9.17, 15) is 0 Å². The molecule has 0 bridgehead atoms. The van der Waals surface area contributed by atoms with E-state index in [2.05, 4.69) is 10.3 Å². The van der Waals surface area contributed by atoms with Crippen LogP contribution in [-0.4, -0.2) is 12.1 Å². The molecule has 5 heteroatoms. The Labute approximate surface area is 104 Å². The highest BCUT2D eigenvalue weighted by Crippen LogP contribution is 2.27. The Hall–Kier alpha value is -1.94. The van der Waals surface area contributed by atoms with Crippen LogP contribution >= 0.6 is 11.6 Å². The predicted molar refractivity (Wildman–Crippen MR) is 69.9 cm³/mol. The quantitative estimate of drug-likeness (QED) is 0.878. The number of nitrogens with two attached hydrogens (primary N) is 1. The molecule has 2 rings (SSSR count). The summed E-state index contributed by atoms with van der Waals surface area (Å²) in [5.41, 5.74) is 7.11. The van der Waals surface area contributed by atoms with E-state index in [1.165, 1.54) is 0 Å². The highest BCUT2D eigenvalue weighted by molar-refractivity contribution is 6.33. The second-order valence-electron chi connectivity index (χ2n) is 3.41. The second kappa shape index (κ2) is 4.93. The van der Waals surface area contributed by atoms with Crippen molar-refractivity contribution in [3.8, 4) is 5.75 Å². The van der Waals surface area contributed by atoms with Crippen LogP contribution in [0.5, 0.6) is 5.75 Å². The van der Waals surface area contributed by atoms with Crippen LogP contribution in [0.15, 0.2) is 36.5 Å². The number of ether oxygens (including phenoxy) is 1. The smallest absolute Gasteiger partial charge is 0.155 e. The van der Waals surface area contributed by atoms with Gasteiger partial charge in [0.05, 0.1) is 17.8 Å². The number of aromatic nitrogens is 1. The molecule has 0 aliphatic rings. The van der Waals surface area contributed by atoms with Crippen LogP contribution in [0.4, 0.5) is 17.2 Å². The Bertz CT molecular complexity index is 514. The van der Waals surface area contributed by atoms with Crippen molar-refractivity contribution in [1.29, 1.82) is 0 Å². The van der Waals surface area contributed by atoms with Crippen LogP contribution in [-0.2, 0) is 0 Å². The lowest BCUT2D eigenvalue weighted by Crippen LogP contribution is -1.99. The Morgan fingerprint density at radius 1 is 1.24 bits per heavy atom. The molecule has 0 saturated carbocycles. The summed E-state index contributed by atoms with van der Waals surface area (Å²) in [6, 6.07) is 9.10. The van der Waals surface area contributed by atoms with Gasteiger partial charge in [-0.05, 0) is 30.3 Å². The molecule has 0 unspecified atom stereocenters. The van der Waals surface area contributed by atoms with E-state index in [1.807, 2.05) is 24.3 Å². The van der Waals surface area contributed by atoms with Gasteiger partial charge < -0.3 is 15.8 Å². The minimum Gasteiger partial charge on any atom is -0.497 e. The standard InChI is InChI=1S/C12H12ClN3O/c1-17-9-4-2-8(3-5-9)16-12-11(14)10(13)6-7-15-12/h2-7H,14H2,1H3,(H,15,16). The van der Waals surface area contributed by atoms with Crippen molar-refractivity contribution in [2.75, 3.05) is 18.2 Å². The molecule has 2 aromatic rings. The maximum absolute atomic E-state index is 5.90. The number of nitrogen functional groups attached to an aromatic ring is 1. The molecule has 0 aliphatic heterocycles. The van der Waals surface area contributed by atoms with Crippen LogP contribution < -0.4 is 15.8 Å². The van der Waals surface area contributed by atoms with Crippen LogP contribution in [0.1, 0.15) is 0 Å². The fourth-order valence-corrected chi connectivity index (χ4v) is 1.51. The molecular formula is C12H12ClN3O. The molecule has 1 aromatic carbocycles. The molecule has 88 valence electrons. The lowest BCUT2D eigenvalue weighted by Gasteiger charge is -2.09. The summed E-state index contributed by atoms with van der Waals surface area (Å²) in [7, 11) is 1.62. The highest BCUT2D eigenvalue weighted by atomic mass is 35.5. The van der Waals surface area contributed by atoms with Crippen LogP contribution in [0.3, 0.4) is 0 Å². The number of hydrogen-bond donors (Lipinski definition) is 2. The first-order valence-electron chi connectivity index (χ1n) is 5.02. The molecule has 0 fully saturated rings. The molecule has 0 atom stereocenters. The van der Waals surface area contributed by atoms with Gasteiger partial charge in [-0.15, -0.1) is 0 Å². The predicted octanol–water partition coefficient (Wildman–Crippen LogP) is 3.07. The molecule has 0 spiro atoms. The highest BCUT2D eigenvalue weighted by Gasteiger charge is 2.04. The van der Waals surface area contributed by atoms with Gasteiger partial charge in [0.25, 0.3) is 0 Å². The van der Waals surface area contributed by atoms with Gasteiger partial charge in [-0.3, -0.25) is 0 Å². The summed E-state index contributed by atoms with van der Waals surface area (Å²) in [4.78, 5) is 4.13. The van der Waals surface area contributed by atoms with Crippen LogP contribution in [0.25, 0.3) is 0 Å². The number of pyridine rings is 1. The van der Waals surface area contributed by atoms with Crippen molar-refractivity contribution in [2.45, 2.75) is 0 Å². The first-order chi connectivity index (χ1) is 8.20. The molecular weight excluding hydrogens is 238 g/mol. The zero-order valence-corrected chi connectivity index (χ0v) is 10.0. The number of benzene rings is 1. The lowest BCUT2D eigenvalue weighted by atomic mass is 10.3. The summed E-state index contributed by atoms with van der Waals surface area (Å²) in [5.74, 6) is 1.34. The fourth-order valence-electron chi connectivity index (χ4n) is 1.36. The fraction of sp³-hybridized carbons (Fsp3) is 0.0833. The van der Waals surface area contributed by atoms with E-state index >= 15 is 0 Å². The molecule has 17 heavy (non-hydrogen) atoms. The molecule has 0 amide bonds. The second-order valence-corrected chi connectivity index (χ2v) is 3.82. The number of rotatable bonds is 3. The number of halogens is 1. The SMILES string of the molecule is COc1ccc(Nc2nccc(Cl)c2N)cc1. The van der Waals surface area contributed by atoms with Crippen molar-refractivity contribution >= 4 is 28.8 Å². The first-order valence-corrected chi connectivity index (χ1v) is 5.39. The molecule has 1 aromatic heterocycles. The van der Waals surface area contributed by atoms with Gasteiger partial charge in [0.1, 0.15) is 5.75 Å². The number of methoxy groups -OCH3 is 1. The molecule has 0 radical (unpaired) electrons. The third-order valence-corrected chi connectivity index (χ3v) is 2.62. The summed E-state index contributed by atoms with van der Waals surface area (Å²) >= 11 is 5.90. The molecule has 4 nitrogen and oxygen atoms in total. The van der Waals surface area contributed by atoms with E-state index in [4.69, 9.17) is 22.1 Å². The van der Waals surface area contributed by atoms with Gasteiger partial charge in [-0.1, -0.05) is 11.6 Å². The molecule has 3 N–H and O–H groups in total. The maximum atomic E-state index is 5.90. The maximum Gasteiger partial charge on any atom is 0.155 e. The number of anilines is 3. The number of nitrogens with zero attached hydrogens (tertiary/aromatic N) is 1. The van der Waals surface area contributed by atoms with Gasteiger partial charge in [0.15, 0.2) is 5.82 Å². The zero-order chi connectivity index (χ0) is 12.3. The van der Waals surface area contributed by atoms with Crippen molar-refractivity contribution in [3.63, 3.8) is 0 Å². The molecule has 1 heterocycles. The molecule has 0 saturated heterocycles. The Kier molecular flexibility index (Phi) is 3.35. The van der Waals surface area contributed by atoms with Gasteiger partial charge >= 0.3 is 0 Å². The van der Waals surface area contributed by atoms with Crippen LogP contribution in [0, 0.1) is 0 Å². The Balaban J connectivity index is 2.22. The minimum atomic E-state index is 0.435. The van der Waals surface area contributed by atoms with Crippen molar-refractivity contribution in [3.05, 3.63) is 41.6 Å². The average molecular weight is 250 g/mol. The first kappa shape index (κ1) is 11.5. The average Bonchev–Trinajstić information content (AvgIpc) is 2.36. The van der Waals surface area contributed by atoms with E-state index in [0.29, 0.717) is 16.5 Å². The normalized spacial score (nSPS) is 10.0. The summed E-state index contributed by atoms with van der Waals surface area (Å²) in [6.45, 7) is 0. The van der Waals surface area contributed by atoms with Gasteiger partial charge in [-0.25, -0.2) is 4.98 Å². The van der Waals surface area contributed by atoms with Crippen LogP contribution in [0.2, 0.25) is 5.02 Å². The van der Waals surface area contributed by atoms with E-state index in [1.54, 1.807) is 19.4 Å². The van der Waals surface area contributed by atoms with Crippen molar-refractivity contribution in [1.82, 2.24) is 4.98 Å². The van der Waals surface area contributed by atoms with E-state index in [0.717, 1.165) is 11.4 Å². The van der Waals surface area contributed by atoms with Crippen molar-refractivity contribution < 1.29 is 4.74 Å². The van der Waals surface area contributed by atoms with Gasteiger partial charge in [0, 0.05) is 11.9 Å². The van der Waals surface area contributed by atoms with E-state index in [-0.39, 0.29) is 0 Å². The lowest BCUT2D eigenvalue weighted by molar-refractivity contribution is 0.415. The van der Waals surface area contributed by atoms with Gasteiger partial charge in [0.2, 0.25) is 0 Å².